The summed E-state index contributed by atoms with van der Waals surface area (Å²) in [5, 5.41) is 4.03. The van der Waals surface area contributed by atoms with Crippen LogP contribution in [0.2, 0.25) is 0 Å². The molecule has 2 heterocycles. The van der Waals surface area contributed by atoms with E-state index in [1.807, 2.05) is 0 Å². The minimum atomic E-state index is -0.545. The lowest BCUT2D eigenvalue weighted by Gasteiger charge is -2.05. The lowest BCUT2D eigenvalue weighted by atomic mass is 10.2. The van der Waals surface area contributed by atoms with Crippen molar-refractivity contribution in [3.63, 3.8) is 0 Å². The maximum absolute atomic E-state index is 11.9. The number of nitrogens with zero attached hydrogens (tertiary/aromatic N) is 3. The number of aromatic nitrogens is 4. The molecule has 0 aliphatic heterocycles. The van der Waals surface area contributed by atoms with Gasteiger partial charge in [-0.2, -0.15) is 5.10 Å². The highest BCUT2D eigenvalue weighted by Gasteiger charge is 2.10. The molecule has 0 aliphatic carbocycles. The lowest BCUT2D eigenvalue weighted by Crippen LogP contribution is -2.37. The Morgan fingerprint density at radius 1 is 1.37 bits per heavy atom. The highest BCUT2D eigenvalue weighted by Crippen LogP contribution is 1.92. The molecule has 0 fully saturated rings. The smallest absolute Gasteiger partial charge is 0.313 e. The number of nitrogens with one attached hydrogen (secondary N) is 1. The third-order valence-corrected chi connectivity index (χ3v) is 2.77. The van der Waals surface area contributed by atoms with Crippen LogP contribution in [-0.4, -0.2) is 25.1 Å². The SMILES string of the molecule is CC(=O)c1c[nH]c(=O)n(CCCn2cccn2)c1=O. The number of hydrogen-bond acceptors (Lipinski definition) is 4. The van der Waals surface area contributed by atoms with Gasteiger partial charge in [-0.1, -0.05) is 0 Å². The van der Waals surface area contributed by atoms with E-state index in [0.717, 1.165) is 10.8 Å². The number of hydrogen-bond donors (Lipinski definition) is 1. The van der Waals surface area contributed by atoms with E-state index in [-0.39, 0.29) is 17.9 Å². The quantitative estimate of drug-likeness (QED) is 0.769. The van der Waals surface area contributed by atoms with Gasteiger partial charge in [0.2, 0.25) is 0 Å². The van der Waals surface area contributed by atoms with Crippen molar-refractivity contribution < 1.29 is 4.79 Å². The second-order valence-electron chi connectivity index (χ2n) is 4.14. The van der Waals surface area contributed by atoms with Gasteiger partial charge in [0.15, 0.2) is 5.78 Å². The Kier molecular flexibility index (Phi) is 3.74. The number of H-pyrrole nitrogens is 1. The second-order valence-corrected chi connectivity index (χ2v) is 4.14. The number of ketones is 1. The molecule has 2 aromatic rings. The summed E-state index contributed by atoms with van der Waals surface area (Å²) in [7, 11) is 0. The Morgan fingerprint density at radius 3 is 2.79 bits per heavy atom. The van der Waals surface area contributed by atoms with Gasteiger partial charge < -0.3 is 4.98 Å². The van der Waals surface area contributed by atoms with Gasteiger partial charge in [0.05, 0.1) is 5.56 Å². The van der Waals surface area contributed by atoms with Crippen LogP contribution in [0.3, 0.4) is 0 Å². The maximum Gasteiger partial charge on any atom is 0.328 e. The van der Waals surface area contributed by atoms with Crippen LogP contribution in [0.1, 0.15) is 23.7 Å². The molecule has 0 unspecified atom stereocenters. The van der Waals surface area contributed by atoms with Crippen LogP contribution in [0.4, 0.5) is 0 Å². The second kappa shape index (κ2) is 5.47. The summed E-state index contributed by atoms with van der Waals surface area (Å²) in [5.74, 6) is -0.359. The van der Waals surface area contributed by atoms with E-state index < -0.39 is 11.2 Å². The molecule has 0 aliphatic rings. The van der Waals surface area contributed by atoms with Crippen LogP contribution in [0.25, 0.3) is 0 Å². The molecule has 2 aromatic heterocycles. The molecular formula is C12H14N4O3. The average molecular weight is 262 g/mol. The van der Waals surface area contributed by atoms with E-state index in [9.17, 15) is 14.4 Å². The highest BCUT2D eigenvalue weighted by atomic mass is 16.2. The van der Waals surface area contributed by atoms with E-state index in [2.05, 4.69) is 10.1 Å². The monoisotopic (exact) mass is 262 g/mol. The van der Waals surface area contributed by atoms with Crippen molar-refractivity contribution in [2.45, 2.75) is 26.4 Å². The number of carbonyl (C=O) groups excluding carboxylic acids is 1. The number of rotatable bonds is 5. The zero-order chi connectivity index (χ0) is 13.8. The number of Topliss-reactive ketones (excluding diaryl/α,β-unsaturated/α-hetero) is 1. The molecule has 19 heavy (non-hydrogen) atoms. The van der Waals surface area contributed by atoms with Crippen LogP contribution in [-0.2, 0) is 13.1 Å². The Hall–Kier alpha value is -2.44. The Labute approximate surface area is 108 Å². The standard InChI is InChI=1S/C12H14N4O3/c1-9(17)10-8-13-12(19)16(11(10)18)7-3-6-15-5-2-4-14-15/h2,4-5,8H,3,6-7H2,1H3,(H,13,19). The molecule has 100 valence electrons. The molecule has 1 N–H and O–H groups in total. The van der Waals surface area contributed by atoms with Gasteiger partial charge in [0.1, 0.15) is 0 Å². The summed E-state index contributed by atoms with van der Waals surface area (Å²) < 4.78 is 2.76. The molecule has 0 amide bonds. The van der Waals surface area contributed by atoms with Crippen LogP contribution >= 0.6 is 0 Å². The van der Waals surface area contributed by atoms with Gasteiger partial charge in [-0.05, 0) is 19.4 Å². The van der Waals surface area contributed by atoms with Crippen molar-refractivity contribution in [1.82, 2.24) is 19.3 Å². The fraction of sp³-hybridized carbons (Fsp3) is 0.333. The minimum absolute atomic E-state index is 0.00121. The minimum Gasteiger partial charge on any atom is -0.313 e. The number of carbonyl (C=O) groups is 1. The highest BCUT2D eigenvalue weighted by molar-refractivity contribution is 5.93. The fourth-order valence-electron chi connectivity index (χ4n) is 1.79. The molecule has 0 aromatic carbocycles. The zero-order valence-corrected chi connectivity index (χ0v) is 10.5. The van der Waals surface area contributed by atoms with Gasteiger partial charge in [-0.25, -0.2) is 4.79 Å². The normalized spacial score (nSPS) is 10.6. The molecule has 2 rings (SSSR count). The first-order chi connectivity index (χ1) is 9.09. The van der Waals surface area contributed by atoms with E-state index in [0.29, 0.717) is 13.0 Å². The summed E-state index contributed by atoms with van der Waals surface area (Å²) >= 11 is 0. The third-order valence-electron chi connectivity index (χ3n) is 2.77. The van der Waals surface area contributed by atoms with Crippen LogP contribution in [0.15, 0.2) is 34.2 Å². The van der Waals surface area contributed by atoms with Crippen molar-refractivity contribution in [3.8, 4) is 0 Å². The fourth-order valence-corrected chi connectivity index (χ4v) is 1.79. The number of aromatic amines is 1. The first-order valence-corrected chi connectivity index (χ1v) is 5.90. The Bertz CT molecular complexity index is 682. The third kappa shape index (κ3) is 2.87. The molecular weight excluding hydrogens is 248 g/mol. The first-order valence-electron chi connectivity index (χ1n) is 5.90. The molecule has 0 saturated carbocycles. The molecule has 0 saturated heterocycles. The molecule has 0 bridgehead atoms. The summed E-state index contributed by atoms with van der Waals surface area (Å²) in [6, 6.07) is 1.80. The largest absolute Gasteiger partial charge is 0.328 e. The van der Waals surface area contributed by atoms with Crippen LogP contribution in [0.5, 0.6) is 0 Å². The summed E-state index contributed by atoms with van der Waals surface area (Å²) in [5.41, 5.74) is -1.05. The van der Waals surface area contributed by atoms with E-state index in [1.165, 1.54) is 6.92 Å². The van der Waals surface area contributed by atoms with Crippen molar-refractivity contribution in [2.24, 2.45) is 0 Å². The van der Waals surface area contributed by atoms with Crippen LogP contribution < -0.4 is 11.2 Å². The van der Waals surface area contributed by atoms with Gasteiger partial charge in [0, 0.05) is 31.7 Å². The molecule has 0 spiro atoms. The van der Waals surface area contributed by atoms with E-state index >= 15 is 0 Å². The molecule has 7 nitrogen and oxygen atoms in total. The van der Waals surface area contributed by atoms with Gasteiger partial charge in [-0.3, -0.25) is 18.8 Å². The summed E-state index contributed by atoms with van der Waals surface area (Å²) in [4.78, 5) is 37.1. The first kappa shape index (κ1) is 13.0. The lowest BCUT2D eigenvalue weighted by molar-refractivity contribution is 0.101. The van der Waals surface area contributed by atoms with E-state index in [4.69, 9.17) is 0 Å². The Morgan fingerprint density at radius 2 is 2.16 bits per heavy atom. The van der Waals surface area contributed by atoms with Crippen LogP contribution in [0, 0.1) is 0 Å². The topological polar surface area (TPSA) is 89.8 Å². The Balaban J connectivity index is 2.16. The van der Waals surface area contributed by atoms with Crippen molar-refractivity contribution in [2.75, 3.05) is 0 Å². The maximum atomic E-state index is 11.9. The van der Waals surface area contributed by atoms with E-state index in [1.54, 1.807) is 23.1 Å². The zero-order valence-electron chi connectivity index (χ0n) is 10.5. The van der Waals surface area contributed by atoms with Gasteiger partial charge in [-0.15, -0.1) is 0 Å². The summed E-state index contributed by atoms with van der Waals surface area (Å²) in [6.45, 7) is 2.14. The predicted molar refractivity (Wildman–Crippen MR) is 68.2 cm³/mol. The average Bonchev–Trinajstić information content (AvgIpc) is 2.86. The van der Waals surface area contributed by atoms with Crippen molar-refractivity contribution in [1.29, 1.82) is 0 Å². The van der Waals surface area contributed by atoms with Gasteiger partial charge in [0.25, 0.3) is 5.56 Å². The van der Waals surface area contributed by atoms with Gasteiger partial charge >= 0.3 is 5.69 Å². The summed E-state index contributed by atoms with van der Waals surface area (Å²) in [6.07, 6.45) is 5.21. The number of aryl methyl sites for hydroxylation is 1. The molecule has 0 radical (unpaired) electrons. The van der Waals surface area contributed by atoms with Crippen molar-refractivity contribution >= 4 is 5.78 Å². The predicted octanol–water partition coefficient (Wildman–Crippen LogP) is 0.0260. The molecule has 7 heteroatoms. The molecule has 0 atom stereocenters. The van der Waals surface area contributed by atoms with Crippen molar-refractivity contribution in [3.05, 3.63) is 51.1 Å².